The van der Waals surface area contributed by atoms with Crippen molar-refractivity contribution in [2.24, 2.45) is 0 Å². The summed E-state index contributed by atoms with van der Waals surface area (Å²) in [5, 5.41) is 7.83. The number of para-hydroxylation sites is 1. The summed E-state index contributed by atoms with van der Waals surface area (Å²) < 4.78 is 1.79. The number of rotatable bonds is 9. The molecule has 180 valence electrons. The lowest BCUT2D eigenvalue weighted by molar-refractivity contribution is -0.134. The van der Waals surface area contributed by atoms with E-state index in [0.717, 1.165) is 35.3 Å². The van der Waals surface area contributed by atoms with E-state index in [-0.39, 0.29) is 30.2 Å². The standard InChI is InChI=1S/C28H36N4O2/c1-6-7-17-31(27(34)18-22-14-9-8-10-15-22)20-26(33)29-25-19-24(28(3,4)5)30-32(25)23-16-12-11-13-21(23)2/h8-16,19H,6-7,17-18,20H2,1-5H3,(H,29,33). The van der Waals surface area contributed by atoms with Gasteiger partial charge >= 0.3 is 0 Å². The monoisotopic (exact) mass is 460 g/mol. The van der Waals surface area contributed by atoms with Crippen molar-refractivity contribution >= 4 is 17.6 Å². The molecule has 1 N–H and O–H groups in total. The number of hydrogen-bond donors (Lipinski definition) is 1. The smallest absolute Gasteiger partial charge is 0.245 e. The molecule has 3 rings (SSSR count). The van der Waals surface area contributed by atoms with Crippen LogP contribution in [0.15, 0.2) is 60.7 Å². The van der Waals surface area contributed by atoms with Crippen molar-refractivity contribution in [1.82, 2.24) is 14.7 Å². The topological polar surface area (TPSA) is 67.2 Å². The van der Waals surface area contributed by atoms with Gasteiger partial charge in [-0.25, -0.2) is 4.68 Å². The quantitative estimate of drug-likeness (QED) is 0.472. The number of nitrogens with zero attached hydrogens (tertiary/aromatic N) is 3. The zero-order valence-corrected chi connectivity index (χ0v) is 21.0. The molecule has 2 amide bonds. The number of benzene rings is 2. The van der Waals surface area contributed by atoms with Gasteiger partial charge in [0.2, 0.25) is 11.8 Å². The van der Waals surface area contributed by atoms with Crippen LogP contribution in [0, 0.1) is 6.92 Å². The second-order valence-corrected chi connectivity index (χ2v) is 9.74. The van der Waals surface area contributed by atoms with E-state index >= 15 is 0 Å². The van der Waals surface area contributed by atoms with Crippen LogP contribution in [0.1, 0.15) is 57.4 Å². The van der Waals surface area contributed by atoms with Gasteiger partial charge in [-0.3, -0.25) is 9.59 Å². The molecule has 0 aliphatic heterocycles. The van der Waals surface area contributed by atoms with Crippen LogP contribution in [-0.2, 0) is 21.4 Å². The van der Waals surface area contributed by atoms with Gasteiger partial charge in [-0.1, -0.05) is 82.6 Å². The normalized spacial score (nSPS) is 11.3. The van der Waals surface area contributed by atoms with Gasteiger partial charge < -0.3 is 10.2 Å². The zero-order valence-electron chi connectivity index (χ0n) is 21.0. The number of hydrogen-bond acceptors (Lipinski definition) is 3. The summed E-state index contributed by atoms with van der Waals surface area (Å²) in [6.45, 7) is 11.0. The highest BCUT2D eigenvalue weighted by Crippen LogP contribution is 2.27. The first-order chi connectivity index (χ1) is 16.2. The van der Waals surface area contributed by atoms with E-state index in [1.807, 2.05) is 67.6 Å². The first-order valence-corrected chi connectivity index (χ1v) is 12.0. The molecular weight excluding hydrogens is 424 g/mol. The van der Waals surface area contributed by atoms with Gasteiger partial charge in [0.15, 0.2) is 0 Å². The number of carbonyl (C=O) groups is 2. The van der Waals surface area contributed by atoms with E-state index in [0.29, 0.717) is 12.4 Å². The molecule has 1 aromatic heterocycles. The van der Waals surface area contributed by atoms with Crippen LogP contribution in [0.4, 0.5) is 5.82 Å². The molecule has 0 saturated heterocycles. The summed E-state index contributed by atoms with van der Waals surface area (Å²) in [4.78, 5) is 27.8. The number of carbonyl (C=O) groups excluding carboxylic acids is 2. The van der Waals surface area contributed by atoms with Gasteiger partial charge in [0.25, 0.3) is 0 Å². The molecule has 0 atom stereocenters. The molecular formula is C28H36N4O2. The predicted octanol–water partition coefficient (Wildman–Crippen LogP) is 5.29. The highest BCUT2D eigenvalue weighted by molar-refractivity contribution is 5.94. The lowest BCUT2D eigenvalue weighted by atomic mass is 9.92. The maximum atomic E-state index is 13.1. The molecule has 3 aromatic rings. The van der Waals surface area contributed by atoms with Crippen molar-refractivity contribution in [3.05, 3.63) is 77.5 Å². The van der Waals surface area contributed by atoms with Crippen LogP contribution < -0.4 is 5.32 Å². The van der Waals surface area contributed by atoms with Gasteiger partial charge in [0.1, 0.15) is 5.82 Å². The molecule has 0 saturated carbocycles. The van der Waals surface area contributed by atoms with Crippen LogP contribution in [-0.4, -0.2) is 39.6 Å². The summed E-state index contributed by atoms with van der Waals surface area (Å²) in [5.74, 6) is 0.334. The van der Waals surface area contributed by atoms with Crippen molar-refractivity contribution in [3.63, 3.8) is 0 Å². The first-order valence-electron chi connectivity index (χ1n) is 12.0. The molecule has 2 aromatic carbocycles. The molecule has 0 aliphatic carbocycles. The lowest BCUT2D eigenvalue weighted by Gasteiger charge is -2.22. The third-order valence-corrected chi connectivity index (χ3v) is 5.76. The fourth-order valence-electron chi connectivity index (χ4n) is 3.70. The second kappa shape index (κ2) is 11.1. The Morgan fingerprint density at radius 3 is 2.35 bits per heavy atom. The van der Waals surface area contributed by atoms with Crippen LogP contribution >= 0.6 is 0 Å². The van der Waals surface area contributed by atoms with Crippen LogP contribution in [0.2, 0.25) is 0 Å². The summed E-state index contributed by atoms with van der Waals surface area (Å²) in [5.41, 5.74) is 3.63. The minimum Gasteiger partial charge on any atom is -0.333 e. The number of nitrogens with one attached hydrogen (secondary N) is 1. The van der Waals surface area contributed by atoms with Crippen LogP contribution in [0.3, 0.4) is 0 Å². The molecule has 34 heavy (non-hydrogen) atoms. The largest absolute Gasteiger partial charge is 0.333 e. The Morgan fingerprint density at radius 1 is 1.03 bits per heavy atom. The average molecular weight is 461 g/mol. The van der Waals surface area contributed by atoms with Crippen molar-refractivity contribution in [2.45, 2.75) is 59.3 Å². The third kappa shape index (κ3) is 6.56. The Morgan fingerprint density at radius 2 is 1.71 bits per heavy atom. The number of unbranched alkanes of at least 4 members (excludes halogenated alkanes) is 1. The van der Waals surface area contributed by atoms with Gasteiger partial charge in [0, 0.05) is 18.0 Å². The molecule has 0 fully saturated rings. The van der Waals surface area contributed by atoms with E-state index in [2.05, 4.69) is 33.0 Å². The van der Waals surface area contributed by atoms with Crippen molar-refractivity contribution in [2.75, 3.05) is 18.4 Å². The molecule has 0 aliphatic rings. The Bertz CT molecular complexity index is 1110. The summed E-state index contributed by atoms with van der Waals surface area (Å²) in [6.07, 6.45) is 2.09. The van der Waals surface area contributed by atoms with Crippen molar-refractivity contribution in [3.8, 4) is 5.69 Å². The second-order valence-electron chi connectivity index (χ2n) is 9.74. The van der Waals surface area contributed by atoms with Gasteiger partial charge in [0.05, 0.1) is 24.3 Å². The molecule has 0 unspecified atom stereocenters. The fourth-order valence-corrected chi connectivity index (χ4v) is 3.70. The zero-order chi connectivity index (χ0) is 24.7. The third-order valence-electron chi connectivity index (χ3n) is 5.76. The predicted molar refractivity (Wildman–Crippen MR) is 137 cm³/mol. The van der Waals surface area contributed by atoms with Crippen molar-refractivity contribution in [1.29, 1.82) is 0 Å². The molecule has 6 nitrogen and oxygen atoms in total. The molecule has 0 bridgehead atoms. The summed E-state index contributed by atoms with van der Waals surface area (Å²) >= 11 is 0. The van der Waals surface area contributed by atoms with Crippen LogP contribution in [0.5, 0.6) is 0 Å². The number of aromatic nitrogens is 2. The Hall–Kier alpha value is -3.41. The maximum Gasteiger partial charge on any atom is 0.245 e. The molecule has 1 heterocycles. The summed E-state index contributed by atoms with van der Waals surface area (Å²) in [7, 11) is 0. The Kier molecular flexibility index (Phi) is 8.26. The summed E-state index contributed by atoms with van der Waals surface area (Å²) in [6, 6.07) is 19.5. The van der Waals surface area contributed by atoms with Crippen LogP contribution in [0.25, 0.3) is 5.69 Å². The Labute approximate surface area is 203 Å². The SMILES string of the molecule is CCCCN(CC(=O)Nc1cc(C(C)(C)C)nn1-c1ccccc1C)C(=O)Cc1ccccc1. The molecule has 0 spiro atoms. The lowest BCUT2D eigenvalue weighted by Crippen LogP contribution is -2.39. The number of aryl methyl sites for hydroxylation is 1. The minimum atomic E-state index is -0.229. The van der Waals surface area contributed by atoms with Gasteiger partial charge in [-0.15, -0.1) is 0 Å². The molecule has 6 heteroatoms. The van der Waals surface area contributed by atoms with E-state index in [1.54, 1.807) is 9.58 Å². The highest BCUT2D eigenvalue weighted by atomic mass is 16.2. The highest BCUT2D eigenvalue weighted by Gasteiger charge is 2.23. The van der Waals surface area contributed by atoms with E-state index in [1.165, 1.54) is 0 Å². The first kappa shape index (κ1) is 25.2. The minimum absolute atomic E-state index is 0.00939. The van der Waals surface area contributed by atoms with Crippen molar-refractivity contribution < 1.29 is 9.59 Å². The maximum absolute atomic E-state index is 13.1. The number of anilines is 1. The van der Waals surface area contributed by atoms with E-state index in [9.17, 15) is 9.59 Å². The van der Waals surface area contributed by atoms with Gasteiger partial charge in [-0.2, -0.15) is 5.10 Å². The Balaban J connectivity index is 1.81. The van der Waals surface area contributed by atoms with E-state index in [4.69, 9.17) is 5.10 Å². The van der Waals surface area contributed by atoms with E-state index < -0.39 is 0 Å². The average Bonchev–Trinajstić information content (AvgIpc) is 3.21. The number of amides is 2. The van der Waals surface area contributed by atoms with Gasteiger partial charge in [-0.05, 0) is 30.5 Å². The molecule has 0 radical (unpaired) electrons. The fraction of sp³-hybridized carbons (Fsp3) is 0.393.